The normalized spacial score (nSPS) is 12.2. The Morgan fingerprint density at radius 2 is 1.91 bits per heavy atom. The standard InChI is InChI=1S/C22H20ClN3O4S3/c1-12-11-24-21(31-12)30-19-10-15(9-18(23)26-19)25-20(27)17-8-13-7-14(5-6-16(13)32-17)22(2,3)33(4,28)29/h5-11H,1-4H3,(H,25,26,27). The van der Waals surface area contributed by atoms with Gasteiger partial charge >= 0.3 is 0 Å². The van der Waals surface area contributed by atoms with Gasteiger partial charge in [-0.1, -0.05) is 29.0 Å². The Labute approximate surface area is 204 Å². The first-order valence-electron chi connectivity index (χ1n) is 9.75. The van der Waals surface area contributed by atoms with E-state index < -0.39 is 14.6 Å². The SMILES string of the molecule is Cc1cnc(Oc2cc(NC(=O)c3cc4cc(C(C)(C)S(C)(=O)=O)ccc4s3)cc(Cl)n2)s1. The van der Waals surface area contributed by atoms with E-state index >= 15 is 0 Å². The van der Waals surface area contributed by atoms with Gasteiger partial charge in [-0.05, 0) is 56.0 Å². The van der Waals surface area contributed by atoms with Crippen molar-refractivity contribution in [1.82, 2.24) is 9.97 Å². The Balaban J connectivity index is 1.58. The number of aryl methyl sites for hydroxylation is 1. The fourth-order valence-electron chi connectivity index (χ4n) is 3.00. The number of rotatable bonds is 6. The molecule has 1 amide bonds. The summed E-state index contributed by atoms with van der Waals surface area (Å²) in [6.45, 7) is 5.25. The van der Waals surface area contributed by atoms with Crippen molar-refractivity contribution in [3.05, 3.63) is 63.1 Å². The highest BCUT2D eigenvalue weighted by Crippen LogP contribution is 2.34. The van der Waals surface area contributed by atoms with Crippen LogP contribution in [-0.2, 0) is 14.6 Å². The number of anilines is 1. The first kappa shape index (κ1) is 23.6. The number of thiophene rings is 1. The molecule has 3 heterocycles. The molecule has 0 saturated heterocycles. The molecule has 1 N–H and O–H groups in total. The van der Waals surface area contributed by atoms with Crippen LogP contribution in [0.5, 0.6) is 11.1 Å². The van der Waals surface area contributed by atoms with Gasteiger partial charge in [0.1, 0.15) is 5.15 Å². The third-order valence-corrected chi connectivity index (χ3v) is 9.37. The Kier molecular flexibility index (Phi) is 6.21. The van der Waals surface area contributed by atoms with Gasteiger partial charge in [-0.3, -0.25) is 4.79 Å². The molecule has 33 heavy (non-hydrogen) atoms. The fourth-order valence-corrected chi connectivity index (χ4v) is 5.31. The number of amides is 1. The second-order valence-electron chi connectivity index (χ2n) is 7.96. The van der Waals surface area contributed by atoms with Crippen molar-refractivity contribution >= 4 is 65.8 Å². The third-order valence-electron chi connectivity index (χ3n) is 5.18. The summed E-state index contributed by atoms with van der Waals surface area (Å²) in [6, 6.07) is 10.3. The molecule has 11 heteroatoms. The molecule has 4 rings (SSSR count). The van der Waals surface area contributed by atoms with Gasteiger partial charge < -0.3 is 10.1 Å². The Bertz CT molecular complexity index is 1480. The minimum Gasteiger partial charge on any atom is -0.412 e. The van der Waals surface area contributed by atoms with E-state index in [0.717, 1.165) is 15.0 Å². The second kappa shape index (κ2) is 8.68. The molecule has 172 valence electrons. The van der Waals surface area contributed by atoms with Crippen LogP contribution < -0.4 is 10.1 Å². The lowest BCUT2D eigenvalue weighted by atomic mass is 10.0. The molecule has 0 aliphatic carbocycles. The number of carbonyl (C=O) groups excluding carboxylic acids is 1. The number of nitrogens with zero attached hydrogens (tertiary/aromatic N) is 2. The number of hydrogen-bond donors (Lipinski definition) is 1. The molecule has 0 saturated carbocycles. The summed E-state index contributed by atoms with van der Waals surface area (Å²) in [5.74, 6) is -0.102. The Morgan fingerprint density at radius 3 is 2.58 bits per heavy atom. The smallest absolute Gasteiger partial charge is 0.280 e. The van der Waals surface area contributed by atoms with Crippen molar-refractivity contribution in [1.29, 1.82) is 0 Å². The topological polar surface area (TPSA) is 98.2 Å². The Morgan fingerprint density at radius 1 is 1.15 bits per heavy atom. The molecule has 3 aromatic heterocycles. The van der Waals surface area contributed by atoms with E-state index in [1.165, 1.54) is 35.0 Å². The van der Waals surface area contributed by atoms with Crippen LogP contribution in [0.15, 0.2) is 42.6 Å². The van der Waals surface area contributed by atoms with Crippen molar-refractivity contribution in [2.75, 3.05) is 11.6 Å². The van der Waals surface area contributed by atoms with E-state index in [0.29, 0.717) is 21.3 Å². The molecule has 7 nitrogen and oxygen atoms in total. The molecule has 0 aliphatic rings. The van der Waals surface area contributed by atoms with Crippen molar-refractivity contribution in [3.63, 3.8) is 0 Å². The number of sulfone groups is 1. The lowest BCUT2D eigenvalue weighted by Gasteiger charge is -2.23. The number of nitrogens with one attached hydrogen (secondary N) is 1. The van der Waals surface area contributed by atoms with Gasteiger partial charge in [-0.2, -0.15) is 0 Å². The number of benzene rings is 1. The quantitative estimate of drug-likeness (QED) is 0.311. The molecule has 0 bridgehead atoms. The summed E-state index contributed by atoms with van der Waals surface area (Å²) < 4.78 is 29.9. The molecule has 1 aromatic carbocycles. The van der Waals surface area contributed by atoms with E-state index in [-0.39, 0.29) is 16.9 Å². The van der Waals surface area contributed by atoms with Crippen LogP contribution in [0.1, 0.15) is 34.0 Å². The monoisotopic (exact) mass is 521 g/mol. The minimum atomic E-state index is -3.31. The van der Waals surface area contributed by atoms with Crippen LogP contribution in [-0.4, -0.2) is 30.5 Å². The van der Waals surface area contributed by atoms with E-state index in [2.05, 4.69) is 15.3 Å². The van der Waals surface area contributed by atoms with Crippen LogP contribution in [0, 0.1) is 6.92 Å². The van der Waals surface area contributed by atoms with Crippen LogP contribution in [0.25, 0.3) is 10.1 Å². The van der Waals surface area contributed by atoms with Gasteiger partial charge in [0.05, 0.1) is 9.62 Å². The number of fused-ring (bicyclic) bond motifs is 1. The molecule has 0 spiro atoms. The van der Waals surface area contributed by atoms with E-state index in [1.807, 2.05) is 19.1 Å². The van der Waals surface area contributed by atoms with E-state index in [4.69, 9.17) is 16.3 Å². The predicted molar refractivity (Wildman–Crippen MR) is 134 cm³/mol. The number of hydrogen-bond acceptors (Lipinski definition) is 8. The van der Waals surface area contributed by atoms with E-state index in [9.17, 15) is 13.2 Å². The summed E-state index contributed by atoms with van der Waals surface area (Å²) in [6.07, 6.45) is 2.91. The van der Waals surface area contributed by atoms with Crippen LogP contribution in [0.2, 0.25) is 5.15 Å². The lowest BCUT2D eigenvalue weighted by Crippen LogP contribution is -2.27. The number of aromatic nitrogens is 2. The lowest BCUT2D eigenvalue weighted by molar-refractivity contribution is 0.103. The van der Waals surface area contributed by atoms with Crippen molar-refractivity contribution in [3.8, 4) is 11.1 Å². The minimum absolute atomic E-state index is 0.167. The summed E-state index contributed by atoms with van der Waals surface area (Å²) in [5, 5.41) is 4.21. The van der Waals surface area contributed by atoms with Crippen LogP contribution in [0.3, 0.4) is 0 Å². The highest BCUT2D eigenvalue weighted by molar-refractivity contribution is 7.91. The maximum Gasteiger partial charge on any atom is 0.280 e. The first-order valence-corrected chi connectivity index (χ1v) is 13.7. The molecule has 0 atom stereocenters. The van der Waals surface area contributed by atoms with Gasteiger partial charge in [0.25, 0.3) is 11.1 Å². The summed E-state index contributed by atoms with van der Waals surface area (Å²) in [7, 11) is -3.31. The second-order valence-corrected chi connectivity index (χ2v) is 13.2. The highest BCUT2D eigenvalue weighted by Gasteiger charge is 2.32. The van der Waals surface area contributed by atoms with Gasteiger partial charge in [-0.25, -0.2) is 18.4 Å². The fraction of sp³-hybridized carbons (Fsp3) is 0.227. The average molecular weight is 522 g/mol. The number of halogens is 1. The highest BCUT2D eigenvalue weighted by atomic mass is 35.5. The predicted octanol–water partition coefficient (Wildman–Crippen LogP) is 6.04. The maximum absolute atomic E-state index is 12.9. The average Bonchev–Trinajstić information content (AvgIpc) is 3.31. The third kappa shape index (κ3) is 5.03. The zero-order valence-corrected chi connectivity index (χ0v) is 21.4. The van der Waals surface area contributed by atoms with Crippen molar-refractivity contribution < 1.29 is 17.9 Å². The van der Waals surface area contributed by atoms with Gasteiger partial charge in [0, 0.05) is 33.8 Å². The van der Waals surface area contributed by atoms with Gasteiger partial charge in [-0.15, -0.1) is 11.3 Å². The number of pyridine rings is 1. The Hall–Kier alpha value is -2.53. The summed E-state index contributed by atoms with van der Waals surface area (Å²) >= 11 is 8.79. The number of thiazole rings is 1. The molecule has 4 aromatic rings. The zero-order valence-electron chi connectivity index (χ0n) is 18.2. The molecular weight excluding hydrogens is 502 g/mol. The molecule has 0 unspecified atom stereocenters. The number of ether oxygens (including phenoxy) is 1. The largest absolute Gasteiger partial charge is 0.412 e. The van der Waals surface area contributed by atoms with Gasteiger partial charge in [0.2, 0.25) is 5.88 Å². The van der Waals surface area contributed by atoms with Crippen LogP contribution in [0.4, 0.5) is 5.69 Å². The van der Waals surface area contributed by atoms with E-state index in [1.54, 1.807) is 38.2 Å². The maximum atomic E-state index is 12.9. The van der Waals surface area contributed by atoms with Gasteiger partial charge in [0.15, 0.2) is 9.84 Å². The van der Waals surface area contributed by atoms with Crippen molar-refractivity contribution in [2.24, 2.45) is 0 Å². The van der Waals surface area contributed by atoms with Crippen molar-refractivity contribution in [2.45, 2.75) is 25.5 Å². The van der Waals surface area contributed by atoms with Crippen LogP contribution >= 0.6 is 34.3 Å². The molecular formula is C22H20ClN3O4S3. The molecule has 0 fully saturated rings. The zero-order chi connectivity index (χ0) is 24.0. The summed E-state index contributed by atoms with van der Waals surface area (Å²) in [5.41, 5.74) is 1.10. The molecule has 0 radical (unpaired) electrons. The summed E-state index contributed by atoms with van der Waals surface area (Å²) in [4.78, 5) is 22.6. The first-order chi connectivity index (χ1) is 15.4. The molecule has 0 aliphatic heterocycles. The number of carbonyl (C=O) groups is 1.